The number of nitrogens with one attached hydrogen (secondary N) is 2. The summed E-state index contributed by atoms with van der Waals surface area (Å²) in [5.41, 5.74) is 2.10. The zero-order valence-electron chi connectivity index (χ0n) is 18.5. The Morgan fingerprint density at radius 3 is 2.66 bits per heavy atom. The highest BCUT2D eigenvalue weighted by atomic mass is 79.9. The molecule has 2 fully saturated rings. The second-order valence-corrected chi connectivity index (χ2v) is 9.99. The van der Waals surface area contributed by atoms with Gasteiger partial charge in [-0.3, -0.25) is 4.90 Å². The summed E-state index contributed by atoms with van der Waals surface area (Å²) in [5.74, 6) is 0.924. The standard InChI is InChI=1S/C24H31BrN4O2S/c1-32-21-4-2-3-19(16-21)27-24(30)29-13-11-28(12-14-29)17-18-5-6-23(22(25)15-18)31-20-7-9-26-10-8-20/h2-6,15-16,20,26H,7-14,17H2,1H3,(H,27,30). The highest BCUT2D eigenvalue weighted by Crippen LogP contribution is 2.29. The third-order valence-corrected chi connectivity index (χ3v) is 7.31. The molecule has 2 aromatic carbocycles. The predicted octanol–water partition coefficient (Wildman–Crippen LogP) is 4.65. The summed E-state index contributed by atoms with van der Waals surface area (Å²) in [6.45, 7) is 6.10. The minimum absolute atomic E-state index is 0.0231. The molecule has 0 saturated carbocycles. The molecule has 0 atom stereocenters. The number of piperazine rings is 1. The molecule has 2 amide bonds. The van der Waals surface area contributed by atoms with E-state index >= 15 is 0 Å². The lowest BCUT2D eigenvalue weighted by molar-refractivity contribution is 0.142. The van der Waals surface area contributed by atoms with E-state index in [1.165, 1.54) is 5.56 Å². The van der Waals surface area contributed by atoms with Crippen LogP contribution in [0, 0.1) is 0 Å². The van der Waals surface area contributed by atoms with Crippen molar-refractivity contribution < 1.29 is 9.53 Å². The number of ether oxygens (including phenoxy) is 1. The molecule has 6 nitrogen and oxygen atoms in total. The topological polar surface area (TPSA) is 56.8 Å². The zero-order chi connectivity index (χ0) is 22.3. The van der Waals surface area contributed by atoms with Crippen LogP contribution in [0.25, 0.3) is 0 Å². The number of hydrogen-bond donors (Lipinski definition) is 2. The Morgan fingerprint density at radius 2 is 1.94 bits per heavy atom. The Kier molecular flexibility index (Phi) is 8.35. The number of rotatable bonds is 6. The number of carbonyl (C=O) groups is 1. The van der Waals surface area contributed by atoms with Crippen LogP contribution in [0.5, 0.6) is 5.75 Å². The normalized spacial score (nSPS) is 17.9. The molecule has 4 rings (SSSR count). The van der Waals surface area contributed by atoms with E-state index in [-0.39, 0.29) is 6.03 Å². The van der Waals surface area contributed by atoms with Crippen LogP contribution in [0.1, 0.15) is 18.4 Å². The predicted molar refractivity (Wildman–Crippen MR) is 135 cm³/mol. The lowest BCUT2D eigenvalue weighted by Crippen LogP contribution is -2.49. The molecule has 0 bridgehead atoms. The van der Waals surface area contributed by atoms with E-state index < -0.39 is 0 Å². The van der Waals surface area contributed by atoms with Crippen LogP contribution in [0.3, 0.4) is 0 Å². The maximum absolute atomic E-state index is 12.6. The maximum atomic E-state index is 12.6. The molecular formula is C24H31BrN4O2S. The van der Waals surface area contributed by atoms with Gasteiger partial charge in [-0.05, 0) is 84.0 Å². The minimum atomic E-state index is -0.0231. The summed E-state index contributed by atoms with van der Waals surface area (Å²) in [5, 5.41) is 6.40. The van der Waals surface area contributed by atoms with Crippen molar-refractivity contribution in [2.75, 3.05) is 50.8 Å². The molecule has 0 unspecified atom stereocenters. The molecule has 2 aromatic rings. The summed E-state index contributed by atoms with van der Waals surface area (Å²) < 4.78 is 7.19. The Bertz CT molecular complexity index is 915. The molecule has 2 saturated heterocycles. The molecule has 0 radical (unpaired) electrons. The van der Waals surface area contributed by atoms with E-state index in [4.69, 9.17) is 4.74 Å². The smallest absolute Gasteiger partial charge is 0.321 e. The van der Waals surface area contributed by atoms with Gasteiger partial charge in [0, 0.05) is 43.3 Å². The van der Waals surface area contributed by atoms with Crippen molar-refractivity contribution in [3.05, 3.63) is 52.5 Å². The van der Waals surface area contributed by atoms with Gasteiger partial charge < -0.3 is 20.3 Å². The van der Waals surface area contributed by atoms with Gasteiger partial charge in [0.1, 0.15) is 11.9 Å². The molecule has 0 spiro atoms. The number of urea groups is 1. The summed E-state index contributed by atoms with van der Waals surface area (Å²) in [4.78, 5) is 18.1. The van der Waals surface area contributed by atoms with Crippen molar-refractivity contribution in [2.24, 2.45) is 0 Å². The number of thioether (sulfide) groups is 1. The highest BCUT2D eigenvalue weighted by molar-refractivity contribution is 9.10. The Morgan fingerprint density at radius 1 is 1.16 bits per heavy atom. The number of amides is 2. The Balaban J connectivity index is 1.25. The number of benzene rings is 2. The molecule has 0 aromatic heterocycles. The van der Waals surface area contributed by atoms with E-state index in [1.807, 2.05) is 35.4 Å². The summed E-state index contributed by atoms with van der Waals surface area (Å²) in [6, 6.07) is 14.3. The number of anilines is 1. The number of hydrogen-bond acceptors (Lipinski definition) is 5. The summed E-state index contributed by atoms with van der Waals surface area (Å²) in [6.07, 6.45) is 4.43. The highest BCUT2D eigenvalue weighted by Gasteiger charge is 2.22. The van der Waals surface area contributed by atoms with E-state index in [9.17, 15) is 4.79 Å². The largest absolute Gasteiger partial charge is 0.489 e. The molecule has 172 valence electrons. The van der Waals surface area contributed by atoms with Crippen molar-refractivity contribution in [3.63, 3.8) is 0 Å². The number of halogens is 1. The van der Waals surface area contributed by atoms with Crippen LogP contribution in [-0.2, 0) is 6.54 Å². The van der Waals surface area contributed by atoms with Crippen molar-refractivity contribution >= 4 is 39.4 Å². The van der Waals surface area contributed by atoms with E-state index in [0.29, 0.717) is 6.10 Å². The lowest BCUT2D eigenvalue weighted by Gasteiger charge is -2.34. The first-order valence-corrected chi connectivity index (χ1v) is 13.2. The summed E-state index contributed by atoms with van der Waals surface area (Å²) >= 11 is 5.36. The van der Waals surface area contributed by atoms with Crippen LogP contribution < -0.4 is 15.4 Å². The van der Waals surface area contributed by atoms with Gasteiger partial charge in [-0.1, -0.05) is 12.1 Å². The van der Waals surface area contributed by atoms with Crippen molar-refractivity contribution in [1.82, 2.24) is 15.1 Å². The van der Waals surface area contributed by atoms with E-state index in [0.717, 1.165) is 79.5 Å². The van der Waals surface area contributed by atoms with Crippen LogP contribution in [-0.4, -0.2) is 67.5 Å². The molecule has 0 aliphatic carbocycles. The van der Waals surface area contributed by atoms with Gasteiger partial charge in [-0.25, -0.2) is 4.79 Å². The van der Waals surface area contributed by atoms with Crippen molar-refractivity contribution in [2.45, 2.75) is 30.4 Å². The SMILES string of the molecule is CSc1cccc(NC(=O)N2CCN(Cc3ccc(OC4CCNCC4)c(Br)c3)CC2)c1. The number of piperidine rings is 1. The molecule has 8 heteroatoms. The van der Waals surface area contributed by atoms with Crippen LogP contribution in [0.2, 0.25) is 0 Å². The molecule has 32 heavy (non-hydrogen) atoms. The molecule has 2 aliphatic rings. The first-order chi connectivity index (χ1) is 15.6. The average Bonchev–Trinajstić information content (AvgIpc) is 2.82. The fourth-order valence-electron chi connectivity index (χ4n) is 4.10. The maximum Gasteiger partial charge on any atom is 0.321 e. The fraction of sp³-hybridized carbons (Fsp3) is 0.458. The second-order valence-electron chi connectivity index (χ2n) is 8.26. The fourth-order valence-corrected chi connectivity index (χ4v) is 5.08. The Labute approximate surface area is 203 Å². The van der Waals surface area contributed by atoms with Gasteiger partial charge in [0.2, 0.25) is 0 Å². The first kappa shape index (κ1) is 23.4. The van der Waals surface area contributed by atoms with Gasteiger partial charge in [-0.2, -0.15) is 0 Å². The van der Waals surface area contributed by atoms with Crippen LogP contribution in [0.4, 0.5) is 10.5 Å². The number of carbonyl (C=O) groups excluding carboxylic acids is 1. The molecule has 2 aliphatic heterocycles. The van der Waals surface area contributed by atoms with Gasteiger partial charge in [0.25, 0.3) is 0 Å². The van der Waals surface area contributed by atoms with Crippen molar-refractivity contribution in [3.8, 4) is 5.75 Å². The third kappa shape index (κ3) is 6.41. The quantitative estimate of drug-likeness (QED) is 0.545. The van der Waals surface area contributed by atoms with E-state index in [2.05, 4.69) is 49.7 Å². The van der Waals surface area contributed by atoms with Gasteiger partial charge >= 0.3 is 6.03 Å². The summed E-state index contributed by atoms with van der Waals surface area (Å²) in [7, 11) is 0. The zero-order valence-corrected chi connectivity index (χ0v) is 20.9. The third-order valence-electron chi connectivity index (χ3n) is 5.96. The van der Waals surface area contributed by atoms with Crippen LogP contribution in [0.15, 0.2) is 51.8 Å². The van der Waals surface area contributed by atoms with Crippen molar-refractivity contribution in [1.29, 1.82) is 0 Å². The second kappa shape index (κ2) is 11.4. The molecule has 2 heterocycles. The van der Waals surface area contributed by atoms with E-state index in [1.54, 1.807) is 11.8 Å². The Hall–Kier alpha value is -1.74. The monoisotopic (exact) mass is 518 g/mol. The lowest BCUT2D eigenvalue weighted by atomic mass is 10.1. The minimum Gasteiger partial charge on any atom is -0.489 e. The average molecular weight is 520 g/mol. The van der Waals surface area contributed by atoms with Crippen LogP contribution >= 0.6 is 27.7 Å². The van der Waals surface area contributed by atoms with Gasteiger partial charge in [0.05, 0.1) is 4.47 Å². The van der Waals surface area contributed by atoms with Gasteiger partial charge in [-0.15, -0.1) is 11.8 Å². The number of nitrogens with zero attached hydrogens (tertiary/aromatic N) is 2. The first-order valence-electron chi connectivity index (χ1n) is 11.2. The van der Waals surface area contributed by atoms with Gasteiger partial charge in [0.15, 0.2) is 0 Å². The molecule has 2 N–H and O–H groups in total. The molecular weight excluding hydrogens is 488 g/mol.